The molecule has 4 rings (SSSR count). The van der Waals surface area contributed by atoms with Crippen LogP contribution in [0.15, 0.2) is 66.2 Å². The van der Waals surface area contributed by atoms with E-state index >= 15 is 0 Å². The first-order valence-corrected chi connectivity index (χ1v) is 9.44. The first kappa shape index (κ1) is 18.8. The monoisotopic (exact) mass is 402 g/mol. The fourth-order valence-electron chi connectivity index (χ4n) is 3.34. The Bertz CT molecular complexity index is 1180. The van der Waals surface area contributed by atoms with E-state index in [0.29, 0.717) is 5.69 Å². The van der Waals surface area contributed by atoms with E-state index in [1.54, 1.807) is 25.3 Å². The molecule has 3 aromatic carbocycles. The van der Waals surface area contributed by atoms with E-state index in [2.05, 4.69) is 5.32 Å². The molecule has 3 aromatic rings. The minimum absolute atomic E-state index is 0.0227. The number of nitrogens with one attached hydrogen (secondary N) is 1. The van der Waals surface area contributed by atoms with Crippen LogP contribution in [0.2, 0.25) is 0 Å². The van der Waals surface area contributed by atoms with Crippen molar-refractivity contribution in [2.45, 2.75) is 6.92 Å². The maximum absolute atomic E-state index is 13.2. The first-order valence-electron chi connectivity index (χ1n) is 9.03. The first-order chi connectivity index (χ1) is 14.0. The molecular weight excluding hydrogens is 384 g/mol. The highest BCUT2D eigenvalue weighted by Crippen LogP contribution is 2.30. The van der Waals surface area contributed by atoms with Gasteiger partial charge in [-0.25, -0.2) is 0 Å². The molecule has 144 valence electrons. The van der Waals surface area contributed by atoms with E-state index in [4.69, 9.17) is 17.0 Å². The van der Waals surface area contributed by atoms with E-state index in [0.717, 1.165) is 27.6 Å². The summed E-state index contributed by atoms with van der Waals surface area (Å²) in [5.41, 5.74) is 2.44. The van der Waals surface area contributed by atoms with Gasteiger partial charge in [0, 0.05) is 5.39 Å². The molecule has 0 radical (unpaired) electrons. The highest BCUT2D eigenvalue weighted by Gasteiger charge is 2.34. The van der Waals surface area contributed by atoms with E-state index in [1.807, 2.05) is 55.5 Å². The van der Waals surface area contributed by atoms with E-state index < -0.39 is 11.8 Å². The van der Waals surface area contributed by atoms with Crippen molar-refractivity contribution in [1.29, 1.82) is 0 Å². The predicted octanol–water partition coefficient (Wildman–Crippen LogP) is 3.99. The van der Waals surface area contributed by atoms with Crippen LogP contribution >= 0.6 is 12.2 Å². The molecule has 2 amide bonds. The second kappa shape index (κ2) is 7.48. The normalized spacial score (nSPS) is 15.7. The van der Waals surface area contributed by atoms with Crippen LogP contribution in [0.1, 0.15) is 11.1 Å². The molecule has 0 bridgehead atoms. The zero-order valence-electron chi connectivity index (χ0n) is 15.9. The zero-order valence-corrected chi connectivity index (χ0v) is 16.7. The van der Waals surface area contributed by atoms with Crippen molar-refractivity contribution in [2.75, 3.05) is 12.0 Å². The highest BCUT2D eigenvalue weighted by molar-refractivity contribution is 7.80. The summed E-state index contributed by atoms with van der Waals surface area (Å²) >= 11 is 5.25. The summed E-state index contributed by atoms with van der Waals surface area (Å²) in [6.45, 7) is 1.96. The largest absolute Gasteiger partial charge is 0.496 e. The van der Waals surface area contributed by atoms with Gasteiger partial charge in [0.1, 0.15) is 11.3 Å². The summed E-state index contributed by atoms with van der Waals surface area (Å²) in [5, 5.41) is 4.47. The molecule has 0 saturated carbocycles. The lowest BCUT2D eigenvalue weighted by molar-refractivity contribution is -0.122. The Morgan fingerprint density at radius 2 is 1.66 bits per heavy atom. The standard InChI is InChI=1S/C23H18N2O3S/c1-14-7-10-16(11-8-14)25-22(27)19(21(26)24-23(25)29)13-15-9-12-20(28-2)18-6-4-3-5-17(15)18/h3-13H,1-2H3,(H,24,26,29)/b19-13-. The number of ether oxygens (including phenoxy) is 1. The number of carbonyl (C=O) groups excluding carboxylic acids is 2. The summed E-state index contributed by atoms with van der Waals surface area (Å²) in [6, 6.07) is 18.7. The SMILES string of the molecule is COc1ccc(/C=C2/C(=O)NC(=S)N(c3ccc(C)cc3)C2=O)c2ccccc12. The van der Waals surface area contributed by atoms with E-state index in [9.17, 15) is 9.59 Å². The molecule has 0 aromatic heterocycles. The number of hydrogen-bond acceptors (Lipinski definition) is 4. The molecule has 0 aliphatic carbocycles. The Morgan fingerprint density at radius 1 is 0.966 bits per heavy atom. The molecule has 0 spiro atoms. The molecule has 1 fully saturated rings. The van der Waals surface area contributed by atoms with Crippen LogP contribution in [0.5, 0.6) is 5.75 Å². The maximum Gasteiger partial charge on any atom is 0.270 e. The third-order valence-electron chi connectivity index (χ3n) is 4.83. The number of fused-ring (bicyclic) bond motifs is 1. The molecule has 1 heterocycles. The molecule has 6 heteroatoms. The number of amides is 2. The number of nitrogens with zero attached hydrogens (tertiary/aromatic N) is 1. The Balaban J connectivity index is 1.82. The molecule has 1 aliphatic rings. The quantitative estimate of drug-likeness (QED) is 0.409. The molecule has 1 saturated heterocycles. The van der Waals surface area contributed by atoms with E-state index in [-0.39, 0.29) is 10.7 Å². The van der Waals surface area contributed by atoms with Gasteiger partial charge in [-0.1, -0.05) is 48.0 Å². The smallest absolute Gasteiger partial charge is 0.270 e. The lowest BCUT2D eigenvalue weighted by atomic mass is 10.00. The van der Waals surface area contributed by atoms with Gasteiger partial charge in [-0.05, 0) is 54.4 Å². The molecule has 0 unspecified atom stereocenters. The molecule has 1 N–H and O–H groups in total. The molecular formula is C23H18N2O3S. The van der Waals surface area contributed by atoms with Crippen LogP contribution in [0.25, 0.3) is 16.8 Å². The van der Waals surface area contributed by atoms with Gasteiger partial charge in [0.15, 0.2) is 5.11 Å². The highest BCUT2D eigenvalue weighted by atomic mass is 32.1. The van der Waals surface area contributed by atoms with Gasteiger partial charge in [0.25, 0.3) is 11.8 Å². The van der Waals surface area contributed by atoms with Gasteiger partial charge in [-0.2, -0.15) is 0 Å². The molecule has 29 heavy (non-hydrogen) atoms. The van der Waals surface area contributed by atoms with Crippen molar-refractivity contribution in [2.24, 2.45) is 0 Å². The number of carbonyl (C=O) groups is 2. The van der Waals surface area contributed by atoms with Crippen molar-refractivity contribution < 1.29 is 14.3 Å². The van der Waals surface area contributed by atoms with Gasteiger partial charge in [0.05, 0.1) is 12.8 Å². The van der Waals surface area contributed by atoms with Crippen molar-refractivity contribution in [3.8, 4) is 5.75 Å². The third kappa shape index (κ3) is 3.39. The second-order valence-corrected chi connectivity index (χ2v) is 7.08. The minimum Gasteiger partial charge on any atom is -0.496 e. The van der Waals surface area contributed by atoms with Gasteiger partial charge in [0.2, 0.25) is 0 Å². The van der Waals surface area contributed by atoms with Crippen molar-refractivity contribution in [1.82, 2.24) is 5.32 Å². The summed E-state index contributed by atoms with van der Waals surface area (Å²) in [6.07, 6.45) is 1.60. The van der Waals surface area contributed by atoms with Crippen LogP contribution in [-0.2, 0) is 9.59 Å². The zero-order chi connectivity index (χ0) is 20.5. The summed E-state index contributed by atoms with van der Waals surface area (Å²) in [5.74, 6) is -0.240. The Kier molecular flexibility index (Phi) is 4.86. The van der Waals surface area contributed by atoms with Crippen molar-refractivity contribution >= 4 is 51.7 Å². The summed E-state index contributed by atoms with van der Waals surface area (Å²) in [7, 11) is 1.61. The predicted molar refractivity (Wildman–Crippen MR) is 118 cm³/mol. The van der Waals surface area contributed by atoms with Gasteiger partial charge in [-0.15, -0.1) is 0 Å². The third-order valence-corrected chi connectivity index (χ3v) is 5.12. The van der Waals surface area contributed by atoms with E-state index in [1.165, 1.54) is 4.90 Å². The van der Waals surface area contributed by atoms with Crippen LogP contribution < -0.4 is 15.0 Å². The number of hydrogen-bond donors (Lipinski definition) is 1. The average molecular weight is 402 g/mol. The summed E-state index contributed by atoms with van der Waals surface area (Å²) in [4.78, 5) is 27.1. The van der Waals surface area contributed by atoms with Crippen molar-refractivity contribution in [3.05, 3.63) is 77.4 Å². The van der Waals surface area contributed by atoms with Gasteiger partial charge >= 0.3 is 0 Å². The lowest BCUT2D eigenvalue weighted by Crippen LogP contribution is -2.54. The van der Waals surface area contributed by atoms with Crippen molar-refractivity contribution in [3.63, 3.8) is 0 Å². The van der Waals surface area contributed by atoms with Crippen LogP contribution in [-0.4, -0.2) is 24.0 Å². The number of benzene rings is 3. The van der Waals surface area contributed by atoms with Crippen LogP contribution in [0, 0.1) is 6.92 Å². The summed E-state index contributed by atoms with van der Waals surface area (Å²) < 4.78 is 5.42. The van der Waals surface area contributed by atoms with Gasteiger partial charge < -0.3 is 4.74 Å². The Morgan fingerprint density at radius 3 is 2.34 bits per heavy atom. The fraction of sp³-hybridized carbons (Fsp3) is 0.0870. The number of anilines is 1. The molecule has 0 atom stereocenters. The van der Waals surface area contributed by atoms with Crippen LogP contribution in [0.4, 0.5) is 5.69 Å². The lowest BCUT2D eigenvalue weighted by Gasteiger charge is -2.29. The Labute approximate surface area is 173 Å². The second-order valence-electron chi connectivity index (χ2n) is 6.70. The Hall–Kier alpha value is -3.51. The number of rotatable bonds is 3. The topological polar surface area (TPSA) is 58.6 Å². The number of thiocarbonyl (C=S) groups is 1. The molecule has 5 nitrogen and oxygen atoms in total. The van der Waals surface area contributed by atoms with Crippen LogP contribution in [0.3, 0.4) is 0 Å². The van der Waals surface area contributed by atoms with Gasteiger partial charge in [-0.3, -0.25) is 19.8 Å². The fourth-order valence-corrected chi connectivity index (χ4v) is 3.62. The average Bonchev–Trinajstić information content (AvgIpc) is 2.72. The maximum atomic E-state index is 13.2. The minimum atomic E-state index is -0.511. The number of aryl methyl sites for hydroxylation is 1. The number of methoxy groups -OCH3 is 1. The molecule has 1 aliphatic heterocycles.